The number of fused-ring (bicyclic) bond motifs is 1. The van der Waals surface area contributed by atoms with E-state index in [0.717, 1.165) is 25.7 Å². The van der Waals surface area contributed by atoms with Crippen LogP contribution in [0.25, 0.3) is 0 Å². The Hall–Kier alpha value is -3.13. The third kappa shape index (κ3) is 4.95. The lowest BCUT2D eigenvalue weighted by Gasteiger charge is -2.48. The molecular formula is C24H25ClFN3O4. The van der Waals surface area contributed by atoms with Gasteiger partial charge in [0.25, 0.3) is 5.91 Å². The summed E-state index contributed by atoms with van der Waals surface area (Å²) in [5.41, 5.74) is 0.649. The summed E-state index contributed by atoms with van der Waals surface area (Å²) in [6.07, 6.45) is 3.13. The second-order valence-corrected chi connectivity index (χ2v) is 8.74. The number of hydrogen-bond donors (Lipinski definition) is 2. The Balaban J connectivity index is 1.60. The molecule has 2 aliphatic rings. The molecule has 0 aromatic heterocycles. The van der Waals surface area contributed by atoms with Crippen molar-refractivity contribution in [2.75, 3.05) is 12.4 Å². The Morgan fingerprint density at radius 3 is 2.64 bits per heavy atom. The van der Waals surface area contributed by atoms with Crippen molar-refractivity contribution in [3.63, 3.8) is 0 Å². The van der Waals surface area contributed by atoms with E-state index < -0.39 is 17.8 Å². The van der Waals surface area contributed by atoms with E-state index in [1.54, 1.807) is 18.2 Å². The molecule has 9 heteroatoms. The van der Waals surface area contributed by atoms with Crippen LogP contribution in [0.2, 0.25) is 5.02 Å². The number of rotatable bonds is 5. The molecule has 1 aliphatic heterocycles. The molecule has 1 saturated heterocycles. The first kappa shape index (κ1) is 23.0. The fourth-order valence-corrected chi connectivity index (χ4v) is 4.80. The lowest BCUT2D eigenvalue weighted by Crippen LogP contribution is -2.68. The molecule has 1 saturated carbocycles. The van der Waals surface area contributed by atoms with E-state index in [9.17, 15) is 18.8 Å². The van der Waals surface area contributed by atoms with Gasteiger partial charge in [0.05, 0.1) is 25.3 Å². The van der Waals surface area contributed by atoms with Gasteiger partial charge in [-0.25, -0.2) is 4.39 Å². The zero-order valence-electron chi connectivity index (χ0n) is 18.1. The van der Waals surface area contributed by atoms with E-state index in [-0.39, 0.29) is 35.9 Å². The largest absolute Gasteiger partial charge is 0.495 e. The van der Waals surface area contributed by atoms with Crippen LogP contribution in [0.5, 0.6) is 5.75 Å². The molecule has 3 atom stereocenters. The average molecular weight is 474 g/mol. The number of nitrogens with zero attached hydrogens (tertiary/aromatic N) is 1. The first-order valence-corrected chi connectivity index (χ1v) is 11.3. The first-order chi connectivity index (χ1) is 15.9. The number of methoxy groups -OCH3 is 1. The molecule has 0 unspecified atom stereocenters. The maximum Gasteiger partial charge on any atom is 0.254 e. The van der Waals surface area contributed by atoms with Crippen molar-refractivity contribution in [3.8, 4) is 5.75 Å². The van der Waals surface area contributed by atoms with Crippen molar-refractivity contribution >= 4 is 35.0 Å². The minimum absolute atomic E-state index is 0.164. The van der Waals surface area contributed by atoms with Gasteiger partial charge >= 0.3 is 0 Å². The van der Waals surface area contributed by atoms with Crippen LogP contribution < -0.4 is 15.4 Å². The second kappa shape index (κ2) is 9.79. The molecule has 33 heavy (non-hydrogen) atoms. The van der Waals surface area contributed by atoms with Crippen LogP contribution in [0.3, 0.4) is 0 Å². The van der Waals surface area contributed by atoms with Crippen molar-refractivity contribution in [1.82, 2.24) is 10.2 Å². The summed E-state index contributed by atoms with van der Waals surface area (Å²) in [7, 11) is 1.47. The molecule has 0 radical (unpaired) electrons. The summed E-state index contributed by atoms with van der Waals surface area (Å²) < 4.78 is 18.7. The smallest absolute Gasteiger partial charge is 0.254 e. The number of hydrogen-bond acceptors (Lipinski definition) is 4. The third-order valence-electron chi connectivity index (χ3n) is 6.19. The summed E-state index contributed by atoms with van der Waals surface area (Å²) in [4.78, 5) is 40.9. The van der Waals surface area contributed by atoms with Crippen molar-refractivity contribution in [2.45, 2.75) is 50.2 Å². The molecule has 2 aromatic carbocycles. The van der Waals surface area contributed by atoms with E-state index in [2.05, 4.69) is 10.6 Å². The highest BCUT2D eigenvalue weighted by atomic mass is 35.5. The molecule has 0 spiro atoms. The molecule has 2 fully saturated rings. The van der Waals surface area contributed by atoms with Crippen molar-refractivity contribution in [1.29, 1.82) is 0 Å². The van der Waals surface area contributed by atoms with Crippen LogP contribution in [-0.4, -0.2) is 47.9 Å². The van der Waals surface area contributed by atoms with Crippen molar-refractivity contribution in [3.05, 3.63) is 58.9 Å². The normalized spacial score (nSPS) is 22.2. The minimum Gasteiger partial charge on any atom is -0.495 e. The van der Waals surface area contributed by atoms with Gasteiger partial charge in [0.1, 0.15) is 17.6 Å². The Labute approximate surface area is 196 Å². The summed E-state index contributed by atoms with van der Waals surface area (Å²) in [5, 5.41) is 6.15. The van der Waals surface area contributed by atoms with Gasteiger partial charge in [-0.2, -0.15) is 0 Å². The lowest BCUT2D eigenvalue weighted by atomic mass is 9.84. The zero-order chi connectivity index (χ0) is 23.5. The van der Waals surface area contributed by atoms with Crippen LogP contribution in [0.1, 0.15) is 42.5 Å². The number of amides is 3. The minimum atomic E-state index is -0.993. The van der Waals surface area contributed by atoms with Gasteiger partial charge in [0.15, 0.2) is 0 Å². The molecule has 0 bridgehead atoms. The van der Waals surface area contributed by atoms with Gasteiger partial charge in [-0.3, -0.25) is 14.4 Å². The number of benzene rings is 2. The fourth-order valence-electron chi connectivity index (χ4n) is 4.63. The topological polar surface area (TPSA) is 87.7 Å². The van der Waals surface area contributed by atoms with Crippen molar-refractivity contribution < 1.29 is 23.5 Å². The van der Waals surface area contributed by atoms with Crippen LogP contribution in [-0.2, 0) is 9.59 Å². The van der Waals surface area contributed by atoms with Gasteiger partial charge in [0.2, 0.25) is 11.8 Å². The summed E-state index contributed by atoms with van der Waals surface area (Å²) in [6, 6.07) is 8.65. The van der Waals surface area contributed by atoms with Crippen LogP contribution in [0, 0.1) is 5.82 Å². The predicted molar refractivity (Wildman–Crippen MR) is 122 cm³/mol. The predicted octanol–water partition coefficient (Wildman–Crippen LogP) is 3.77. The van der Waals surface area contributed by atoms with Crippen LogP contribution >= 0.6 is 11.6 Å². The SMILES string of the molecule is COc1ccc(Cl)cc1NC(=O)C[C@@H]1C(=O)N[C@@H]2CCCC[C@@H]2N1C(=O)c1ccc(F)cc1. The fraction of sp³-hybridized carbons (Fsp3) is 0.375. The first-order valence-electron chi connectivity index (χ1n) is 10.9. The van der Waals surface area contributed by atoms with E-state index >= 15 is 0 Å². The molecular weight excluding hydrogens is 449 g/mol. The molecule has 4 rings (SSSR count). The number of anilines is 1. The Kier molecular flexibility index (Phi) is 6.83. The highest BCUT2D eigenvalue weighted by Crippen LogP contribution is 2.32. The Bertz CT molecular complexity index is 1060. The number of piperazine rings is 1. The van der Waals surface area contributed by atoms with Crippen LogP contribution in [0.4, 0.5) is 10.1 Å². The average Bonchev–Trinajstić information content (AvgIpc) is 2.80. The monoisotopic (exact) mass is 473 g/mol. The molecule has 7 nitrogen and oxygen atoms in total. The number of halogens is 2. The van der Waals surface area contributed by atoms with Crippen molar-refractivity contribution in [2.24, 2.45) is 0 Å². The molecule has 3 amide bonds. The second-order valence-electron chi connectivity index (χ2n) is 8.30. The number of ether oxygens (including phenoxy) is 1. The van der Waals surface area contributed by atoms with Gasteiger partial charge in [0, 0.05) is 16.6 Å². The van der Waals surface area contributed by atoms with E-state index in [1.807, 2.05) is 0 Å². The number of nitrogens with one attached hydrogen (secondary N) is 2. The molecule has 1 heterocycles. The van der Waals surface area contributed by atoms with E-state index in [0.29, 0.717) is 16.5 Å². The molecule has 2 N–H and O–H groups in total. The quantitative estimate of drug-likeness (QED) is 0.692. The highest BCUT2D eigenvalue weighted by molar-refractivity contribution is 6.31. The van der Waals surface area contributed by atoms with Crippen LogP contribution in [0.15, 0.2) is 42.5 Å². The summed E-state index contributed by atoms with van der Waals surface area (Å²) in [5.74, 6) is -1.25. The molecule has 174 valence electrons. The maximum atomic E-state index is 13.5. The Morgan fingerprint density at radius 1 is 1.18 bits per heavy atom. The summed E-state index contributed by atoms with van der Waals surface area (Å²) in [6.45, 7) is 0. The zero-order valence-corrected chi connectivity index (χ0v) is 18.9. The lowest BCUT2D eigenvalue weighted by molar-refractivity contribution is -0.135. The van der Waals surface area contributed by atoms with Gasteiger partial charge in [-0.05, 0) is 55.3 Å². The van der Waals surface area contributed by atoms with E-state index in [1.165, 1.54) is 36.3 Å². The summed E-state index contributed by atoms with van der Waals surface area (Å²) >= 11 is 6.04. The maximum absolute atomic E-state index is 13.5. The van der Waals surface area contributed by atoms with E-state index in [4.69, 9.17) is 16.3 Å². The standard InChI is InChI=1S/C24H25ClFN3O4/c1-33-21-11-8-15(25)12-18(21)27-22(30)13-20-23(31)28-17-4-2-3-5-19(17)29(20)24(32)14-6-9-16(26)10-7-14/h6-12,17,19-20H,2-5,13H2,1H3,(H,27,30)(H,28,31)/t17-,19+,20-/m1/s1. The number of carbonyl (C=O) groups excluding carboxylic acids is 3. The molecule has 2 aromatic rings. The van der Waals surface area contributed by atoms with Gasteiger partial charge in [-0.1, -0.05) is 24.4 Å². The third-order valence-corrected chi connectivity index (χ3v) is 6.43. The van der Waals surface area contributed by atoms with Gasteiger partial charge < -0.3 is 20.3 Å². The van der Waals surface area contributed by atoms with Gasteiger partial charge in [-0.15, -0.1) is 0 Å². The Morgan fingerprint density at radius 2 is 1.91 bits per heavy atom. The molecule has 1 aliphatic carbocycles. The highest BCUT2D eigenvalue weighted by Gasteiger charge is 2.46. The number of carbonyl (C=O) groups is 3.